The normalized spacial score (nSPS) is 21.3. The van der Waals surface area contributed by atoms with E-state index in [1.807, 2.05) is 62.4 Å². The summed E-state index contributed by atoms with van der Waals surface area (Å²) in [5.74, 6) is -1.22. The van der Waals surface area contributed by atoms with Gasteiger partial charge in [0.05, 0.1) is 24.5 Å². The first kappa shape index (κ1) is 33.8. The number of amides is 2. The summed E-state index contributed by atoms with van der Waals surface area (Å²) < 4.78 is 13.5. The fourth-order valence-electron chi connectivity index (χ4n) is 6.61. The van der Waals surface area contributed by atoms with Gasteiger partial charge in [0.2, 0.25) is 11.8 Å². The van der Waals surface area contributed by atoms with E-state index >= 15 is 0 Å². The van der Waals surface area contributed by atoms with Crippen LogP contribution in [0.3, 0.4) is 0 Å². The maximum absolute atomic E-state index is 14.5. The number of hydrogen-bond donors (Lipinski definition) is 2. The van der Waals surface area contributed by atoms with Crippen molar-refractivity contribution in [1.82, 2.24) is 10.2 Å². The summed E-state index contributed by atoms with van der Waals surface area (Å²) in [5, 5.41) is 13.5. The maximum Gasteiger partial charge on any atom is 0.305 e. The molecule has 2 aliphatic heterocycles. The molecule has 4 atom stereocenters. The Bertz CT molecular complexity index is 1590. The summed E-state index contributed by atoms with van der Waals surface area (Å²) in [7, 11) is 0. The number of hydrogen-bond acceptors (Lipinski definition) is 5. The Morgan fingerprint density at radius 1 is 0.978 bits per heavy atom. The summed E-state index contributed by atoms with van der Waals surface area (Å²) in [6.07, 6.45) is 0.549. The number of carboxylic acids is 1. The summed E-state index contributed by atoms with van der Waals surface area (Å²) in [6.45, 7) is 6.33. The first-order valence-electron chi connectivity index (χ1n) is 15.6. The van der Waals surface area contributed by atoms with Crippen molar-refractivity contribution in [1.29, 1.82) is 0 Å². The molecule has 0 spiro atoms. The third kappa shape index (κ3) is 8.21. The Hall–Kier alpha value is -3.59. The molecular formula is C36H40Cl2N2O6. The quantitative estimate of drug-likeness (QED) is 0.237. The number of nitrogens with zero attached hydrogens (tertiary/aromatic N) is 1. The highest BCUT2D eigenvalue weighted by Crippen LogP contribution is 2.52. The lowest BCUT2D eigenvalue weighted by molar-refractivity contribution is -0.184. The zero-order chi connectivity index (χ0) is 33.0. The molecule has 1 saturated heterocycles. The van der Waals surface area contributed by atoms with E-state index in [1.165, 1.54) is 6.92 Å². The van der Waals surface area contributed by atoms with Crippen LogP contribution in [-0.2, 0) is 38.5 Å². The minimum atomic E-state index is -0.980. The maximum atomic E-state index is 14.5. The monoisotopic (exact) mass is 666 g/mol. The lowest BCUT2D eigenvalue weighted by Crippen LogP contribution is -2.54. The Balaban J connectivity index is 1.50. The van der Waals surface area contributed by atoms with Crippen LogP contribution in [0.1, 0.15) is 62.0 Å². The number of aliphatic carboxylic acids is 1. The molecule has 8 nitrogen and oxygen atoms in total. The minimum Gasteiger partial charge on any atom is -0.487 e. The van der Waals surface area contributed by atoms with Crippen LogP contribution in [0.5, 0.6) is 5.75 Å². The van der Waals surface area contributed by atoms with E-state index < -0.39 is 23.6 Å². The fourth-order valence-corrected chi connectivity index (χ4v) is 7.04. The average molecular weight is 668 g/mol. The number of carbonyl (C=O) groups excluding carboxylic acids is 2. The molecular weight excluding hydrogens is 627 g/mol. The molecule has 0 aliphatic carbocycles. The largest absolute Gasteiger partial charge is 0.487 e. The van der Waals surface area contributed by atoms with Crippen molar-refractivity contribution in [2.75, 3.05) is 13.1 Å². The number of benzene rings is 3. The topological polar surface area (TPSA) is 105 Å². The van der Waals surface area contributed by atoms with Crippen LogP contribution in [0.4, 0.5) is 0 Å². The molecule has 0 aromatic heterocycles. The first-order chi connectivity index (χ1) is 21.9. The molecule has 2 aliphatic rings. The predicted molar refractivity (Wildman–Crippen MR) is 177 cm³/mol. The van der Waals surface area contributed by atoms with Gasteiger partial charge in [0.25, 0.3) is 0 Å². The van der Waals surface area contributed by atoms with Crippen LogP contribution in [0, 0.1) is 11.8 Å². The highest BCUT2D eigenvalue weighted by Gasteiger charge is 2.52. The van der Waals surface area contributed by atoms with Crippen LogP contribution in [0.15, 0.2) is 66.7 Å². The van der Waals surface area contributed by atoms with Gasteiger partial charge < -0.3 is 24.8 Å². The molecule has 0 saturated carbocycles. The van der Waals surface area contributed by atoms with Gasteiger partial charge in [-0.1, -0.05) is 53.5 Å². The van der Waals surface area contributed by atoms with Crippen molar-refractivity contribution in [3.05, 3.63) is 99.0 Å². The summed E-state index contributed by atoms with van der Waals surface area (Å²) in [6, 6.07) is 20.8. The second-order valence-electron chi connectivity index (χ2n) is 12.7. The van der Waals surface area contributed by atoms with Crippen LogP contribution < -0.4 is 10.1 Å². The number of rotatable bonds is 11. The van der Waals surface area contributed by atoms with E-state index in [9.17, 15) is 19.5 Å². The lowest BCUT2D eigenvalue weighted by atomic mass is 9.70. The van der Waals surface area contributed by atoms with Crippen LogP contribution >= 0.6 is 23.2 Å². The first-order valence-corrected chi connectivity index (χ1v) is 16.4. The second-order valence-corrected chi connectivity index (χ2v) is 13.6. The van der Waals surface area contributed by atoms with Gasteiger partial charge in [-0.25, -0.2) is 0 Å². The van der Waals surface area contributed by atoms with E-state index in [4.69, 9.17) is 32.7 Å². The Morgan fingerprint density at radius 3 is 2.35 bits per heavy atom. The Morgan fingerprint density at radius 2 is 1.67 bits per heavy atom. The van der Waals surface area contributed by atoms with E-state index in [-0.39, 0.29) is 43.3 Å². The third-order valence-corrected chi connectivity index (χ3v) is 9.36. The molecule has 244 valence electrons. The fraction of sp³-hybridized carbons (Fsp3) is 0.417. The average Bonchev–Trinajstić information content (AvgIpc) is 2.98. The molecule has 2 N–H and O–H groups in total. The molecule has 0 unspecified atom stereocenters. The standard InChI is InChI=1S/C36H40Cl2N2O6/c1-22(41)39-14-12-23-10-11-31-28(18-23)34-30(36(2,3)46-31)20-29(32(45-34)19-24-6-4-8-26(37)16-24)35(44)40(15-13-33(42)43)21-25-7-5-9-27(38)17-25/h4-11,16-18,29-30,32,34H,12-15,19-21H2,1-3H3,(H,39,41)(H,42,43)/t29-,30+,32+,34-/m0/s1. The van der Waals surface area contributed by atoms with Crippen molar-refractivity contribution in [3.8, 4) is 5.75 Å². The number of carboxylic acid groups (broad SMARTS) is 1. The third-order valence-electron chi connectivity index (χ3n) is 8.89. The predicted octanol–water partition coefficient (Wildman–Crippen LogP) is 6.65. The van der Waals surface area contributed by atoms with Gasteiger partial charge in [0, 0.05) is 48.1 Å². The highest BCUT2D eigenvalue weighted by molar-refractivity contribution is 6.30. The summed E-state index contributed by atoms with van der Waals surface area (Å²) >= 11 is 12.6. The molecule has 10 heteroatoms. The molecule has 5 rings (SSSR count). The molecule has 2 heterocycles. The van der Waals surface area contributed by atoms with Gasteiger partial charge in [-0.3, -0.25) is 14.4 Å². The van der Waals surface area contributed by atoms with Crippen LogP contribution in [-0.4, -0.2) is 52.6 Å². The van der Waals surface area contributed by atoms with Crippen molar-refractivity contribution < 1.29 is 29.0 Å². The smallest absolute Gasteiger partial charge is 0.305 e. The molecule has 3 aromatic carbocycles. The van der Waals surface area contributed by atoms with Gasteiger partial charge in [0.1, 0.15) is 11.4 Å². The van der Waals surface area contributed by atoms with Gasteiger partial charge in [-0.2, -0.15) is 0 Å². The van der Waals surface area contributed by atoms with Crippen molar-refractivity contribution in [2.24, 2.45) is 11.8 Å². The highest BCUT2D eigenvalue weighted by atomic mass is 35.5. The zero-order valence-electron chi connectivity index (χ0n) is 26.3. The van der Waals surface area contributed by atoms with Gasteiger partial charge in [-0.05, 0) is 86.2 Å². The van der Waals surface area contributed by atoms with E-state index in [1.54, 1.807) is 17.0 Å². The summed E-state index contributed by atoms with van der Waals surface area (Å²) in [4.78, 5) is 39.2. The second kappa shape index (κ2) is 14.4. The van der Waals surface area contributed by atoms with E-state index in [2.05, 4.69) is 11.4 Å². The lowest BCUT2D eigenvalue weighted by Gasteiger charge is -2.51. The van der Waals surface area contributed by atoms with Crippen molar-refractivity contribution >= 4 is 41.0 Å². The van der Waals surface area contributed by atoms with Gasteiger partial charge in [0.15, 0.2) is 0 Å². The number of carbonyl (C=O) groups is 3. The molecule has 46 heavy (non-hydrogen) atoms. The molecule has 1 fully saturated rings. The number of halogens is 2. The SMILES string of the molecule is CC(=O)NCCc1ccc2c(c1)[C@@H]1O[C@H](Cc3cccc(Cl)c3)[C@@H](C(=O)N(CCC(=O)O)Cc3cccc(Cl)c3)C[C@H]1C(C)(C)O2. The molecule has 0 radical (unpaired) electrons. The number of nitrogens with one attached hydrogen (secondary N) is 1. The summed E-state index contributed by atoms with van der Waals surface area (Å²) in [5.41, 5.74) is 3.08. The van der Waals surface area contributed by atoms with Crippen LogP contribution in [0.25, 0.3) is 0 Å². The molecule has 2 amide bonds. The van der Waals surface area contributed by atoms with Crippen molar-refractivity contribution in [3.63, 3.8) is 0 Å². The van der Waals surface area contributed by atoms with Crippen molar-refractivity contribution in [2.45, 2.75) is 70.8 Å². The van der Waals surface area contributed by atoms with Gasteiger partial charge in [-0.15, -0.1) is 0 Å². The van der Waals surface area contributed by atoms with E-state index in [0.29, 0.717) is 35.9 Å². The molecule has 0 bridgehead atoms. The Kier molecular flexibility index (Phi) is 10.6. The van der Waals surface area contributed by atoms with E-state index in [0.717, 1.165) is 28.0 Å². The number of ether oxygens (including phenoxy) is 2. The van der Waals surface area contributed by atoms with Crippen LogP contribution in [0.2, 0.25) is 10.0 Å². The Labute approximate surface area is 280 Å². The molecule has 3 aromatic rings. The minimum absolute atomic E-state index is 0.0511. The van der Waals surface area contributed by atoms with Gasteiger partial charge >= 0.3 is 5.97 Å². The zero-order valence-corrected chi connectivity index (χ0v) is 27.8. The number of fused-ring (bicyclic) bond motifs is 3.